The molecule has 4 rings (SSSR count). The van der Waals surface area contributed by atoms with E-state index in [1.54, 1.807) is 12.1 Å². The van der Waals surface area contributed by atoms with E-state index in [1.807, 2.05) is 0 Å². The van der Waals surface area contributed by atoms with Crippen molar-refractivity contribution in [2.45, 2.75) is 18.8 Å². The Morgan fingerprint density at radius 1 is 1.09 bits per heavy atom. The van der Waals surface area contributed by atoms with Gasteiger partial charge < -0.3 is 9.84 Å². The van der Waals surface area contributed by atoms with Crippen LogP contribution in [-0.2, 0) is 12.7 Å². The Kier molecular flexibility index (Phi) is 5.84. The predicted octanol–water partition coefficient (Wildman–Crippen LogP) is 4.87. The maximum absolute atomic E-state index is 13.9. The van der Waals surface area contributed by atoms with Gasteiger partial charge in [-0.25, -0.2) is 9.18 Å². The van der Waals surface area contributed by atoms with Crippen LogP contribution in [0.2, 0.25) is 0 Å². The number of halogens is 4. The molecule has 0 aliphatic carbocycles. The molecule has 5 nitrogen and oxygen atoms in total. The number of benzene rings is 2. The molecule has 0 saturated carbocycles. The lowest BCUT2D eigenvalue weighted by Crippen LogP contribution is -2.53. The number of aromatic nitrogens is 1. The number of pyridine rings is 1. The van der Waals surface area contributed by atoms with Gasteiger partial charge in [0.2, 0.25) is 0 Å². The maximum atomic E-state index is 13.9. The first kappa shape index (κ1) is 21.8. The fourth-order valence-electron chi connectivity index (χ4n) is 3.44. The molecule has 1 aliphatic heterocycles. The average molecular weight is 446 g/mol. The Labute approximate surface area is 180 Å². The summed E-state index contributed by atoms with van der Waals surface area (Å²) >= 11 is 0. The second-order valence-corrected chi connectivity index (χ2v) is 7.51. The van der Waals surface area contributed by atoms with E-state index in [0.29, 0.717) is 36.6 Å². The summed E-state index contributed by atoms with van der Waals surface area (Å²) in [7, 11) is 0. The zero-order valence-corrected chi connectivity index (χ0v) is 16.6. The molecule has 1 aromatic heterocycles. The van der Waals surface area contributed by atoms with Crippen LogP contribution in [0.1, 0.15) is 21.5 Å². The third kappa shape index (κ3) is 4.88. The standard InChI is InChI=1S/C23H18F4N2O3/c24-20-9-15(3-7-19(20)22(30)31)21-8-6-17(10-28-21)32-18-12-29(13-18)11-14-1-4-16(5-2-14)23(25,26)27/h1-10,18H,11-13H2,(H,30,31). The maximum Gasteiger partial charge on any atom is 0.416 e. The van der Waals surface area contributed by atoms with Crippen LogP contribution in [0, 0.1) is 5.82 Å². The molecule has 0 atom stereocenters. The Morgan fingerprint density at radius 3 is 2.38 bits per heavy atom. The Bertz CT molecular complexity index is 1110. The average Bonchev–Trinajstić information content (AvgIpc) is 2.72. The van der Waals surface area contributed by atoms with Gasteiger partial charge in [-0.2, -0.15) is 13.2 Å². The smallest absolute Gasteiger partial charge is 0.416 e. The van der Waals surface area contributed by atoms with E-state index in [4.69, 9.17) is 9.84 Å². The lowest BCUT2D eigenvalue weighted by atomic mass is 10.1. The van der Waals surface area contributed by atoms with E-state index in [2.05, 4.69) is 9.88 Å². The minimum absolute atomic E-state index is 0.0654. The van der Waals surface area contributed by atoms with E-state index in [-0.39, 0.29) is 6.10 Å². The number of aromatic carboxylic acids is 1. The van der Waals surface area contributed by atoms with Crippen molar-refractivity contribution >= 4 is 5.97 Å². The minimum atomic E-state index is -4.34. The van der Waals surface area contributed by atoms with Crippen LogP contribution >= 0.6 is 0 Å². The lowest BCUT2D eigenvalue weighted by molar-refractivity contribution is -0.137. The van der Waals surface area contributed by atoms with Crippen molar-refractivity contribution in [2.75, 3.05) is 13.1 Å². The van der Waals surface area contributed by atoms with Gasteiger partial charge in [0.25, 0.3) is 0 Å². The number of alkyl halides is 3. The van der Waals surface area contributed by atoms with E-state index in [1.165, 1.54) is 30.5 Å². The van der Waals surface area contributed by atoms with Crippen molar-refractivity contribution < 1.29 is 32.2 Å². The number of likely N-dealkylation sites (tertiary alicyclic amines) is 1. The normalized spacial score (nSPS) is 14.8. The zero-order chi connectivity index (χ0) is 22.9. The molecule has 32 heavy (non-hydrogen) atoms. The highest BCUT2D eigenvalue weighted by Crippen LogP contribution is 2.30. The number of hydrogen-bond donors (Lipinski definition) is 1. The topological polar surface area (TPSA) is 62.7 Å². The van der Waals surface area contributed by atoms with Gasteiger partial charge in [0.05, 0.1) is 23.0 Å². The largest absolute Gasteiger partial charge is 0.486 e. The highest BCUT2D eigenvalue weighted by Gasteiger charge is 2.31. The Balaban J connectivity index is 1.29. The van der Waals surface area contributed by atoms with Crippen LogP contribution < -0.4 is 4.74 Å². The molecule has 0 bridgehead atoms. The molecular weight excluding hydrogens is 428 g/mol. The number of carboxylic acids is 1. The lowest BCUT2D eigenvalue weighted by Gasteiger charge is -2.39. The van der Waals surface area contributed by atoms with Crippen molar-refractivity contribution in [2.24, 2.45) is 0 Å². The molecule has 1 N–H and O–H groups in total. The van der Waals surface area contributed by atoms with Crippen molar-refractivity contribution in [3.8, 4) is 17.0 Å². The van der Waals surface area contributed by atoms with Gasteiger partial charge in [-0.05, 0) is 42.0 Å². The van der Waals surface area contributed by atoms with Crippen molar-refractivity contribution in [3.05, 3.63) is 83.3 Å². The molecule has 1 aliphatic rings. The first-order valence-corrected chi connectivity index (χ1v) is 9.73. The number of rotatable bonds is 6. The van der Waals surface area contributed by atoms with Crippen molar-refractivity contribution in [1.29, 1.82) is 0 Å². The van der Waals surface area contributed by atoms with Crippen LogP contribution in [0.25, 0.3) is 11.3 Å². The van der Waals surface area contributed by atoms with Crippen LogP contribution in [-0.4, -0.2) is 40.2 Å². The van der Waals surface area contributed by atoms with Gasteiger partial charge in [-0.3, -0.25) is 9.88 Å². The zero-order valence-electron chi connectivity index (χ0n) is 16.6. The van der Waals surface area contributed by atoms with Gasteiger partial charge in [0, 0.05) is 25.2 Å². The number of carbonyl (C=O) groups is 1. The van der Waals surface area contributed by atoms with Crippen LogP contribution in [0.15, 0.2) is 60.8 Å². The third-order valence-corrected chi connectivity index (χ3v) is 5.15. The number of ether oxygens (including phenoxy) is 1. The fourth-order valence-corrected chi connectivity index (χ4v) is 3.44. The molecule has 2 heterocycles. The van der Waals surface area contributed by atoms with Crippen LogP contribution in [0.4, 0.5) is 17.6 Å². The van der Waals surface area contributed by atoms with Gasteiger partial charge in [-0.15, -0.1) is 0 Å². The first-order valence-electron chi connectivity index (χ1n) is 9.73. The highest BCUT2D eigenvalue weighted by molar-refractivity contribution is 5.88. The molecule has 0 spiro atoms. The van der Waals surface area contributed by atoms with E-state index in [0.717, 1.165) is 23.8 Å². The molecule has 0 radical (unpaired) electrons. The summed E-state index contributed by atoms with van der Waals surface area (Å²) in [6.07, 6.45) is -2.89. The van der Waals surface area contributed by atoms with Gasteiger partial charge in [-0.1, -0.05) is 18.2 Å². The summed E-state index contributed by atoms with van der Waals surface area (Å²) in [4.78, 5) is 17.2. The van der Waals surface area contributed by atoms with Gasteiger partial charge in [0.15, 0.2) is 0 Å². The number of carboxylic acid groups (broad SMARTS) is 1. The summed E-state index contributed by atoms with van der Waals surface area (Å²) in [5.41, 5.74) is 0.655. The molecule has 0 amide bonds. The summed E-state index contributed by atoms with van der Waals surface area (Å²) in [5, 5.41) is 8.90. The van der Waals surface area contributed by atoms with Crippen molar-refractivity contribution in [1.82, 2.24) is 9.88 Å². The molecular formula is C23H18F4N2O3. The summed E-state index contributed by atoms with van der Waals surface area (Å²) in [6, 6.07) is 12.3. The van der Waals surface area contributed by atoms with E-state index < -0.39 is 29.1 Å². The number of nitrogens with zero attached hydrogens (tertiary/aromatic N) is 2. The summed E-state index contributed by atoms with van der Waals surface area (Å²) < 4.78 is 57.6. The molecule has 1 fully saturated rings. The molecule has 0 unspecified atom stereocenters. The second kappa shape index (κ2) is 8.58. The quantitative estimate of drug-likeness (QED) is 0.548. The van der Waals surface area contributed by atoms with Crippen molar-refractivity contribution in [3.63, 3.8) is 0 Å². The minimum Gasteiger partial charge on any atom is -0.486 e. The molecule has 3 aromatic rings. The highest BCUT2D eigenvalue weighted by atomic mass is 19.4. The SMILES string of the molecule is O=C(O)c1ccc(-c2ccc(OC3CN(Cc4ccc(C(F)(F)F)cc4)C3)cn2)cc1F. The predicted molar refractivity (Wildman–Crippen MR) is 108 cm³/mol. The Morgan fingerprint density at radius 2 is 1.81 bits per heavy atom. The summed E-state index contributed by atoms with van der Waals surface area (Å²) in [6.45, 7) is 1.79. The van der Waals surface area contributed by atoms with E-state index >= 15 is 0 Å². The molecule has 166 valence electrons. The van der Waals surface area contributed by atoms with Gasteiger partial charge >= 0.3 is 12.1 Å². The fraction of sp³-hybridized carbons (Fsp3) is 0.217. The second-order valence-electron chi connectivity index (χ2n) is 7.51. The molecule has 9 heteroatoms. The summed E-state index contributed by atoms with van der Waals surface area (Å²) in [5.74, 6) is -1.63. The van der Waals surface area contributed by atoms with Crippen LogP contribution in [0.5, 0.6) is 5.75 Å². The van der Waals surface area contributed by atoms with Gasteiger partial charge in [0.1, 0.15) is 17.7 Å². The van der Waals surface area contributed by atoms with E-state index in [9.17, 15) is 22.4 Å². The monoisotopic (exact) mass is 446 g/mol. The molecule has 2 aromatic carbocycles. The number of hydrogen-bond acceptors (Lipinski definition) is 4. The molecule has 1 saturated heterocycles. The Hall–Kier alpha value is -3.46. The first-order chi connectivity index (χ1) is 15.2. The third-order valence-electron chi connectivity index (χ3n) is 5.15. The van der Waals surface area contributed by atoms with Crippen LogP contribution in [0.3, 0.4) is 0 Å².